The molecule has 5 nitrogen and oxygen atoms in total. The van der Waals surface area contributed by atoms with E-state index in [4.69, 9.17) is 5.73 Å². The summed E-state index contributed by atoms with van der Waals surface area (Å²) in [4.78, 5) is 15.3. The number of nitrogens with two attached hydrogens (primary N) is 1. The maximum Gasteiger partial charge on any atom is 0.236 e. The van der Waals surface area contributed by atoms with E-state index in [9.17, 15) is 9.90 Å². The first-order chi connectivity index (χ1) is 8.06. The molecule has 0 bridgehead atoms. The summed E-state index contributed by atoms with van der Waals surface area (Å²) in [7, 11) is 1.80. The van der Waals surface area contributed by atoms with E-state index in [-0.39, 0.29) is 11.7 Å². The van der Waals surface area contributed by atoms with Gasteiger partial charge in [-0.2, -0.15) is 0 Å². The number of aromatic hydroxyl groups is 1. The molecule has 92 valence electrons. The number of carbonyl (C=O) groups is 1. The van der Waals surface area contributed by atoms with Crippen molar-refractivity contribution in [3.8, 4) is 5.75 Å². The lowest BCUT2D eigenvalue weighted by molar-refractivity contribution is -0.134. The van der Waals surface area contributed by atoms with Crippen molar-refractivity contribution in [2.45, 2.75) is 6.54 Å². The zero-order valence-electron chi connectivity index (χ0n) is 9.89. The Hall–Kier alpha value is -1.75. The molecule has 0 aliphatic carbocycles. The second-order valence-electron chi connectivity index (χ2n) is 4.41. The molecule has 0 spiro atoms. The van der Waals surface area contributed by atoms with Crippen LogP contribution in [0.25, 0.3) is 0 Å². The predicted molar refractivity (Wildman–Crippen MR) is 65.4 cm³/mol. The molecule has 1 amide bonds. The summed E-state index contributed by atoms with van der Waals surface area (Å²) in [5.74, 6) is 0.338. The Balaban J connectivity index is 2.06. The van der Waals surface area contributed by atoms with Gasteiger partial charge >= 0.3 is 0 Å². The van der Waals surface area contributed by atoms with E-state index in [0.717, 1.165) is 18.7 Å². The number of hydrogen-bond acceptors (Lipinski definition) is 4. The Kier molecular flexibility index (Phi) is 3.19. The van der Waals surface area contributed by atoms with Crippen molar-refractivity contribution in [3.05, 3.63) is 23.8 Å². The van der Waals surface area contributed by atoms with Crippen LogP contribution in [0, 0.1) is 0 Å². The van der Waals surface area contributed by atoms with Gasteiger partial charge in [0.2, 0.25) is 5.91 Å². The molecule has 0 saturated carbocycles. The lowest BCUT2D eigenvalue weighted by Gasteiger charge is -2.32. The van der Waals surface area contributed by atoms with Crippen LogP contribution in [0.15, 0.2) is 18.2 Å². The fourth-order valence-electron chi connectivity index (χ4n) is 1.92. The molecule has 0 aromatic heterocycles. The predicted octanol–water partition coefficient (Wildman–Crippen LogP) is 0.248. The minimum absolute atomic E-state index is 0.111. The molecule has 1 fully saturated rings. The van der Waals surface area contributed by atoms with E-state index < -0.39 is 0 Å². The van der Waals surface area contributed by atoms with Crippen LogP contribution in [0.3, 0.4) is 0 Å². The van der Waals surface area contributed by atoms with Gasteiger partial charge in [-0.1, -0.05) is 0 Å². The minimum atomic E-state index is 0.111. The minimum Gasteiger partial charge on any atom is -0.508 e. The molecule has 1 saturated heterocycles. The van der Waals surface area contributed by atoms with Gasteiger partial charge in [-0.15, -0.1) is 0 Å². The fourth-order valence-corrected chi connectivity index (χ4v) is 1.92. The van der Waals surface area contributed by atoms with Crippen LogP contribution in [-0.4, -0.2) is 47.5 Å². The zero-order chi connectivity index (χ0) is 12.4. The first kappa shape index (κ1) is 11.7. The van der Waals surface area contributed by atoms with Gasteiger partial charge in [-0.25, -0.2) is 0 Å². The molecule has 17 heavy (non-hydrogen) atoms. The number of phenols is 1. The third-order valence-electron chi connectivity index (χ3n) is 3.03. The second kappa shape index (κ2) is 4.63. The van der Waals surface area contributed by atoms with E-state index >= 15 is 0 Å². The number of nitrogens with zero attached hydrogens (tertiary/aromatic N) is 2. The van der Waals surface area contributed by atoms with E-state index in [1.807, 2.05) is 4.90 Å². The van der Waals surface area contributed by atoms with E-state index in [0.29, 0.717) is 18.8 Å². The summed E-state index contributed by atoms with van der Waals surface area (Å²) in [6.07, 6.45) is 0. The molecule has 5 heteroatoms. The van der Waals surface area contributed by atoms with Gasteiger partial charge in [0.15, 0.2) is 0 Å². The van der Waals surface area contributed by atoms with Gasteiger partial charge in [0, 0.05) is 37.9 Å². The fraction of sp³-hybridized carbons (Fsp3) is 0.417. The number of carbonyl (C=O) groups excluding carboxylic acids is 1. The van der Waals surface area contributed by atoms with Crippen molar-refractivity contribution in [3.63, 3.8) is 0 Å². The summed E-state index contributed by atoms with van der Waals surface area (Å²) >= 11 is 0. The van der Waals surface area contributed by atoms with Crippen molar-refractivity contribution in [1.29, 1.82) is 0 Å². The van der Waals surface area contributed by atoms with Crippen LogP contribution < -0.4 is 5.73 Å². The molecular weight excluding hydrogens is 218 g/mol. The Bertz CT molecular complexity index is 434. The Morgan fingerprint density at radius 3 is 2.88 bits per heavy atom. The molecule has 0 unspecified atom stereocenters. The Morgan fingerprint density at radius 2 is 2.18 bits per heavy atom. The van der Waals surface area contributed by atoms with Gasteiger partial charge in [0.05, 0.1) is 6.54 Å². The highest BCUT2D eigenvalue weighted by Crippen LogP contribution is 2.21. The van der Waals surface area contributed by atoms with Crippen molar-refractivity contribution >= 4 is 11.6 Å². The average molecular weight is 235 g/mol. The van der Waals surface area contributed by atoms with Crippen LogP contribution >= 0.6 is 0 Å². The number of anilines is 1. The number of amides is 1. The summed E-state index contributed by atoms with van der Waals surface area (Å²) in [5, 5.41) is 9.71. The van der Waals surface area contributed by atoms with E-state index in [2.05, 4.69) is 0 Å². The first-order valence-electron chi connectivity index (χ1n) is 5.60. The maximum absolute atomic E-state index is 11.5. The first-order valence-corrected chi connectivity index (χ1v) is 5.60. The lowest BCUT2D eigenvalue weighted by atomic mass is 10.1. The highest BCUT2D eigenvalue weighted by atomic mass is 16.3. The third-order valence-corrected chi connectivity index (χ3v) is 3.03. The number of phenolic OH excluding ortho intramolecular Hbond substituents is 1. The van der Waals surface area contributed by atoms with Crippen molar-refractivity contribution < 1.29 is 9.90 Å². The maximum atomic E-state index is 11.5. The summed E-state index contributed by atoms with van der Waals surface area (Å²) in [6, 6.07) is 4.99. The highest BCUT2D eigenvalue weighted by molar-refractivity contribution is 5.78. The van der Waals surface area contributed by atoms with E-state index in [1.165, 1.54) is 0 Å². The van der Waals surface area contributed by atoms with Crippen LogP contribution in [-0.2, 0) is 11.3 Å². The largest absolute Gasteiger partial charge is 0.508 e. The van der Waals surface area contributed by atoms with Crippen molar-refractivity contribution in [1.82, 2.24) is 9.80 Å². The lowest BCUT2D eigenvalue weighted by Crippen LogP contribution is -2.47. The summed E-state index contributed by atoms with van der Waals surface area (Å²) in [6.45, 7) is 2.49. The normalized spacial score (nSPS) is 17.5. The molecule has 1 aromatic carbocycles. The Labute approximate surface area is 100 Å². The highest BCUT2D eigenvalue weighted by Gasteiger charge is 2.21. The SMILES string of the molecule is CN1CCN(Cc2cc(N)ccc2O)CC1=O. The summed E-state index contributed by atoms with van der Waals surface area (Å²) < 4.78 is 0. The monoisotopic (exact) mass is 235 g/mol. The van der Waals surface area contributed by atoms with Crippen molar-refractivity contribution in [2.24, 2.45) is 0 Å². The zero-order valence-corrected chi connectivity index (χ0v) is 9.89. The number of hydrogen-bond donors (Lipinski definition) is 2. The molecule has 1 aromatic rings. The Morgan fingerprint density at radius 1 is 1.41 bits per heavy atom. The van der Waals surface area contributed by atoms with Crippen LogP contribution in [0.4, 0.5) is 5.69 Å². The number of piperazine rings is 1. The van der Waals surface area contributed by atoms with Gasteiger partial charge in [0.1, 0.15) is 5.75 Å². The molecule has 1 aliphatic heterocycles. The molecule has 0 atom stereocenters. The third kappa shape index (κ3) is 2.68. The number of benzene rings is 1. The van der Waals surface area contributed by atoms with Crippen LogP contribution in [0.5, 0.6) is 5.75 Å². The molecule has 1 heterocycles. The van der Waals surface area contributed by atoms with Crippen LogP contribution in [0.1, 0.15) is 5.56 Å². The average Bonchev–Trinajstić information content (AvgIpc) is 2.29. The molecular formula is C12H17N3O2. The van der Waals surface area contributed by atoms with Gasteiger partial charge < -0.3 is 15.7 Å². The molecule has 0 radical (unpaired) electrons. The van der Waals surface area contributed by atoms with Gasteiger partial charge in [-0.3, -0.25) is 9.69 Å². The number of likely N-dealkylation sites (N-methyl/N-ethyl adjacent to an activating group) is 1. The smallest absolute Gasteiger partial charge is 0.236 e. The quantitative estimate of drug-likeness (QED) is 0.569. The second-order valence-corrected chi connectivity index (χ2v) is 4.41. The van der Waals surface area contributed by atoms with Gasteiger partial charge in [0.25, 0.3) is 0 Å². The van der Waals surface area contributed by atoms with E-state index in [1.54, 1.807) is 30.1 Å². The topological polar surface area (TPSA) is 69.8 Å². The molecule has 1 aliphatic rings. The molecule has 2 rings (SSSR count). The standard InChI is InChI=1S/C12H17N3O2/c1-14-4-5-15(8-12(14)17)7-9-6-10(13)2-3-11(9)16/h2-3,6,16H,4-5,7-8,13H2,1H3. The summed E-state index contributed by atoms with van der Waals surface area (Å²) in [5.41, 5.74) is 7.07. The molecule has 3 N–H and O–H groups in total. The van der Waals surface area contributed by atoms with Crippen molar-refractivity contribution in [2.75, 3.05) is 32.4 Å². The van der Waals surface area contributed by atoms with Crippen LogP contribution in [0.2, 0.25) is 0 Å². The van der Waals surface area contributed by atoms with Gasteiger partial charge in [-0.05, 0) is 18.2 Å². The number of nitrogen functional groups attached to an aromatic ring is 1. The number of rotatable bonds is 2.